The van der Waals surface area contributed by atoms with E-state index in [4.69, 9.17) is 4.74 Å². The molecule has 134 valence electrons. The Morgan fingerprint density at radius 1 is 1.36 bits per heavy atom. The number of halogens is 1. The molecule has 1 fully saturated rings. The van der Waals surface area contributed by atoms with Crippen LogP contribution in [0, 0.1) is 0 Å². The molecular weight excluding hydrogens is 386 g/mol. The van der Waals surface area contributed by atoms with E-state index in [9.17, 15) is 9.59 Å². The Balaban J connectivity index is 1.62. The Bertz CT molecular complexity index is 813. The zero-order chi connectivity index (χ0) is 17.8. The number of hydrogen-bond donors (Lipinski definition) is 0. The van der Waals surface area contributed by atoms with Gasteiger partial charge in [-0.2, -0.15) is 0 Å². The molecule has 25 heavy (non-hydrogen) atoms. The molecule has 0 unspecified atom stereocenters. The van der Waals surface area contributed by atoms with Crippen LogP contribution >= 0.6 is 15.9 Å². The number of benzene rings is 1. The summed E-state index contributed by atoms with van der Waals surface area (Å²) in [4.78, 5) is 31.1. The second-order valence-corrected chi connectivity index (χ2v) is 7.11. The number of carbonyl (C=O) groups is 1. The second kappa shape index (κ2) is 8.10. The number of carbonyl (C=O) groups excluding carboxylic acids is 1. The van der Waals surface area contributed by atoms with Gasteiger partial charge in [-0.1, -0.05) is 15.9 Å². The average molecular weight is 408 g/mol. The lowest BCUT2D eigenvalue weighted by Crippen LogP contribution is -2.41. The number of fused-ring (bicyclic) bond motifs is 1. The van der Waals surface area contributed by atoms with E-state index >= 15 is 0 Å². The third-order valence-corrected chi connectivity index (χ3v) is 5.04. The number of piperidine rings is 1. The molecule has 2 heterocycles. The highest BCUT2D eigenvalue weighted by atomic mass is 79.9. The highest BCUT2D eigenvalue weighted by molar-refractivity contribution is 9.10. The van der Waals surface area contributed by atoms with Crippen LogP contribution in [0.4, 0.5) is 0 Å². The fourth-order valence-corrected chi connectivity index (χ4v) is 3.53. The van der Waals surface area contributed by atoms with Crippen molar-refractivity contribution in [2.45, 2.75) is 38.8 Å². The largest absolute Gasteiger partial charge is 0.378 e. The number of nitrogens with zero attached hydrogens (tertiary/aromatic N) is 3. The van der Waals surface area contributed by atoms with Crippen molar-refractivity contribution in [2.24, 2.45) is 0 Å². The quantitative estimate of drug-likeness (QED) is 0.763. The van der Waals surface area contributed by atoms with E-state index < -0.39 is 0 Å². The fourth-order valence-electron chi connectivity index (χ4n) is 3.17. The Hall–Kier alpha value is -1.73. The van der Waals surface area contributed by atoms with Crippen LogP contribution < -0.4 is 5.56 Å². The van der Waals surface area contributed by atoms with E-state index in [1.54, 1.807) is 12.1 Å². The highest BCUT2D eigenvalue weighted by Gasteiger charge is 2.22. The molecule has 1 aliphatic heterocycles. The van der Waals surface area contributed by atoms with Gasteiger partial charge in [0.25, 0.3) is 5.56 Å². The summed E-state index contributed by atoms with van der Waals surface area (Å²) >= 11 is 3.37. The summed E-state index contributed by atoms with van der Waals surface area (Å²) in [6.07, 6.45) is 3.85. The predicted octanol–water partition coefficient (Wildman–Crippen LogP) is 2.58. The molecule has 7 heteroatoms. The van der Waals surface area contributed by atoms with Crippen LogP contribution in [0.15, 0.2) is 33.8 Å². The molecule has 1 saturated heterocycles. The average Bonchev–Trinajstić information content (AvgIpc) is 2.62. The molecule has 3 rings (SSSR count). The van der Waals surface area contributed by atoms with E-state index in [-0.39, 0.29) is 17.6 Å². The van der Waals surface area contributed by atoms with Gasteiger partial charge in [0.05, 0.1) is 23.3 Å². The molecule has 0 radical (unpaired) electrons. The maximum atomic E-state index is 12.5. The molecule has 2 aromatic rings. The topological polar surface area (TPSA) is 64.4 Å². The number of likely N-dealkylation sites (tertiary alicyclic amines) is 1. The summed E-state index contributed by atoms with van der Waals surface area (Å²) < 4.78 is 7.96. The number of ether oxygens (including phenoxy) is 1. The first-order chi connectivity index (χ1) is 12.1. The molecule has 0 bridgehead atoms. The van der Waals surface area contributed by atoms with Gasteiger partial charge in [-0.3, -0.25) is 14.2 Å². The second-order valence-electron chi connectivity index (χ2n) is 6.19. The number of amides is 1. The first-order valence-corrected chi connectivity index (χ1v) is 9.42. The van der Waals surface area contributed by atoms with Crippen LogP contribution in [-0.2, 0) is 16.1 Å². The SMILES string of the molecule is CCOC1CCN(C(=O)CCn2cnc3ccc(Br)cc3c2=O)CC1. The van der Waals surface area contributed by atoms with Crippen LogP contribution in [0.1, 0.15) is 26.2 Å². The molecule has 1 amide bonds. The van der Waals surface area contributed by atoms with Crippen molar-refractivity contribution >= 4 is 32.7 Å². The van der Waals surface area contributed by atoms with Gasteiger partial charge in [0.15, 0.2) is 0 Å². The first kappa shape index (κ1) is 18.1. The summed E-state index contributed by atoms with van der Waals surface area (Å²) in [6.45, 7) is 4.50. The smallest absolute Gasteiger partial charge is 0.261 e. The van der Waals surface area contributed by atoms with Crippen molar-refractivity contribution in [3.8, 4) is 0 Å². The minimum absolute atomic E-state index is 0.0798. The molecule has 1 aromatic heterocycles. The van der Waals surface area contributed by atoms with Gasteiger partial charge in [0.2, 0.25) is 5.91 Å². The third kappa shape index (κ3) is 4.27. The van der Waals surface area contributed by atoms with E-state index in [0.29, 0.717) is 30.5 Å². The minimum atomic E-state index is -0.117. The summed E-state index contributed by atoms with van der Waals surface area (Å²) in [6, 6.07) is 5.43. The molecule has 0 spiro atoms. The van der Waals surface area contributed by atoms with E-state index in [0.717, 1.165) is 30.4 Å². The molecule has 0 saturated carbocycles. The minimum Gasteiger partial charge on any atom is -0.378 e. The third-order valence-electron chi connectivity index (χ3n) is 4.55. The van der Waals surface area contributed by atoms with Crippen LogP contribution in [0.25, 0.3) is 10.9 Å². The molecule has 1 aromatic carbocycles. The fraction of sp³-hybridized carbons (Fsp3) is 0.500. The van der Waals surface area contributed by atoms with Crippen molar-refractivity contribution in [1.29, 1.82) is 0 Å². The highest BCUT2D eigenvalue weighted by Crippen LogP contribution is 2.16. The maximum Gasteiger partial charge on any atom is 0.261 e. The number of aromatic nitrogens is 2. The lowest BCUT2D eigenvalue weighted by atomic mass is 10.1. The van der Waals surface area contributed by atoms with Crippen molar-refractivity contribution in [3.63, 3.8) is 0 Å². The molecular formula is C18H22BrN3O3. The summed E-state index contributed by atoms with van der Waals surface area (Å²) in [5.41, 5.74) is 0.544. The van der Waals surface area contributed by atoms with Crippen LogP contribution in [-0.4, -0.2) is 46.2 Å². The lowest BCUT2D eigenvalue weighted by molar-refractivity contribution is -0.134. The Labute approximate surface area is 154 Å². The van der Waals surface area contributed by atoms with Crippen molar-refractivity contribution < 1.29 is 9.53 Å². The van der Waals surface area contributed by atoms with Crippen LogP contribution in [0.3, 0.4) is 0 Å². The lowest BCUT2D eigenvalue weighted by Gasteiger charge is -2.31. The van der Waals surface area contributed by atoms with Gasteiger partial charge in [-0.05, 0) is 38.0 Å². The number of aryl methyl sites for hydroxylation is 1. The Morgan fingerprint density at radius 2 is 2.12 bits per heavy atom. The summed E-state index contributed by atoms with van der Waals surface area (Å²) in [5.74, 6) is 0.0798. The van der Waals surface area contributed by atoms with Crippen LogP contribution in [0.5, 0.6) is 0 Å². The van der Waals surface area contributed by atoms with Gasteiger partial charge >= 0.3 is 0 Å². The molecule has 1 aliphatic rings. The summed E-state index contributed by atoms with van der Waals surface area (Å²) in [7, 11) is 0. The first-order valence-electron chi connectivity index (χ1n) is 8.62. The predicted molar refractivity (Wildman–Crippen MR) is 99.5 cm³/mol. The Morgan fingerprint density at radius 3 is 2.84 bits per heavy atom. The zero-order valence-electron chi connectivity index (χ0n) is 14.3. The van der Waals surface area contributed by atoms with Crippen molar-refractivity contribution in [2.75, 3.05) is 19.7 Å². The van der Waals surface area contributed by atoms with Gasteiger partial charge < -0.3 is 9.64 Å². The van der Waals surface area contributed by atoms with Gasteiger partial charge in [-0.15, -0.1) is 0 Å². The van der Waals surface area contributed by atoms with Crippen molar-refractivity contribution in [1.82, 2.24) is 14.5 Å². The standard InChI is InChI=1S/C18H22BrN3O3/c1-2-25-14-5-8-21(9-6-14)17(23)7-10-22-12-20-16-4-3-13(19)11-15(16)18(22)24/h3-4,11-12,14H,2,5-10H2,1H3. The molecule has 0 aliphatic carbocycles. The molecule has 0 atom stereocenters. The van der Waals surface area contributed by atoms with Gasteiger partial charge in [-0.25, -0.2) is 4.98 Å². The molecule has 6 nitrogen and oxygen atoms in total. The van der Waals surface area contributed by atoms with Crippen LogP contribution in [0.2, 0.25) is 0 Å². The van der Waals surface area contributed by atoms with Gasteiger partial charge in [0.1, 0.15) is 0 Å². The maximum absolute atomic E-state index is 12.5. The van der Waals surface area contributed by atoms with E-state index in [1.807, 2.05) is 17.9 Å². The summed E-state index contributed by atoms with van der Waals surface area (Å²) in [5, 5.41) is 0.557. The van der Waals surface area contributed by atoms with E-state index in [2.05, 4.69) is 20.9 Å². The zero-order valence-corrected chi connectivity index (χ0v) is 15.9. The monoisotopic (exact) mass is 407 g/mol. The van der Waals surface area contributed by atoms with E-state index in [1.165, 1.54) is 10.9 Å². The van der Waals surface area contributed by atoms with Crippen molar-refractivity contribution in [3.05, 3.63) is 39.4 Å². The normalized spacial score (nSPS) is 15.7. The number of rotatable bonds is 5. The molecule has 0 N–H and O–H groups in total. The Kier molecular flexibility index (Phi) is 5.86. The van der Waals surface area contributed by atoms with Gasteiger partial charge in [0, 0.05) is 37.1 Å². The number of hydrogen-bond acceptors (Lipinski definition) is 4.